The predicted octanol–water partition coefficient (Wildman–Crippen LogP) is 0.701. The molecule has 1 aliphatic heterocycles. The summed E-state index contributed by atoms with van der Waals surface area (Å²) in [6.07, 6.45) is 2.63. The second-order valence-corrected chi connectivity index (χ2v) is 7.03. The van der Waals surface area contributed by atoms with Crippen LogP contribution in [0.1, 0.15) is 12.2 Å². The summed E-state index contributed by atoms with van der Waals surface area (Å²) < 4.78 is 7.00. The Kier molecular flexibility index (Phi) is 7.69. The second kappa shape index (κ2) is 10.7. The average Bonchev–Trinajstić information content (AvgIpc) is 3.18. The van der Waals surface area contributed by atoms with Crippen molar-refractivity contribution in [1.82, 2.24) is 30.3 Å². The number of aryl methyl sites for hydroxylation is 1. The molecule has 1 saturated heterocycles. The molecular weight excluding hydrogens is 368 g/mol. The summed E-state index contributed by atoms with van der Waals surface area (Å²) in [5.41, 5.74) is 1.27. The summed E-state index contributed by atoms with van der Waals surface area (Å²) >= 11 is 0. The lowest BCUT2D eigenvalue weighted by molar-refractivity contribution is 0.255. The molecule has 9 nitrogen and oxygen atoms in total. The van der Waals surface area contributed by atoms with E-state index in [4.69, 9.17) is 4.74 Å². The number of nitrogens with zero attached hydrogens (tertiary/aromatic N) is 6. The number of aromatic nitrogens is 3. The zero-order valence-corrected chi connectivity index (χ0v) is 17.6. The normalized spacial score (nSPS) is 15.4. The van der Waals surface area contributed by atoms with E-state index in [1.807, 2.05) is 19.2 Å². The molecule has 0 bridgehead atoms. The van der Waals surface area contributed by atoms with Crippen molar-refractivity contribution in [3.05, 3.63) is 36.4 Å². The van der Waals surface area contributed by atoms with Gasteiger partial charge in [0.1, 0.15) is 17.9 Å². The Morgan fingerprint density at radius 3 is 2.52 bits per heavy atom. The third-order valence-electron chi connectivity index (χ3n) is 5.20. The number of piperazine rings is 1. The highest BCUT2D eigenvalue weighted by molar-refractivity contribution is 5.79. The maximum Gasteiger partial charge on any atom is 0.191 e. The molecule has 0 spiro atoms. The van der Waals surface area contributed by atoms with Gasteiger partial charge in [0.2, 0.25) is 0 Å². The number of guanidine groups is 1. The third kappa shape index (κ3) is 6.08. The van der Waals surface area contributed by atoms with Crippen LogP contribution in [0.3, 0.4) is 0 Å². The van der Waals surface area contributed by atoms with Crippen LogP contribution in [-0.2, 0) is 13.6 Å². The average molecular weight is 401 g/mol. The topological polar surface area (TPSA) is 82.8 Å². The van der Waals surface area contributed by atoms with E-state index in [0.29, 0.717) is 6.54 Å². The Morgan fingerprint density at radius 2 is 1.90 bits per heavy atom. The number of anilines is 1. The number of nitrogens with one attached hydrogen (secondary N) is 2. The monoisotopic (exact) mass is 400 g/mol. The van der Waals surface area contributed by atoms with Crippen molar-refractivity contribution in [2.75, 3.05) is 58.3 Å². The number of methoxy groups -OCH3 is 1. The maximum atomic E-state index is 5.24. The van der Waals surface area contributed by atoms with E-state index < -0.39 is 0 Å². The summed E-state index contributed by atoms with van der Waals surface area (Å²) in [6.45, 7) is 6.86. The van der Waals surface area contributed by atoms with Crippen LogP contribution in [0, 0.1) is 0 Å². The lowest BCUT2D eigenvalue weighted by Gasteiger charge is -2.36. The summed E-state index contributed by atoms with van der Waals surface area (Å²) in [7, 11) is 5.37. The second-order valence-electron chi connectivity index (χ2n) is 7.03. The van der Waals surface area contributed by atoms with Crippen molar-refractivity contribution in [1.29, 1.82) is 0 Å². The van der Waals surface area contributed by atoms with E-state index in [1.165, 1.54) is 5.69 Å². The van der Waals surface area contributed by atoms with E-state index in [-0.39, 0.29) is 0 Å². The molecule has 0 unspecified atom stereocenters. The van der Waals surface area contributed by atoms with Crippen LogP contribution in [0.15, 0.2) is 35.6 Å². The summed E-state index contributed by atoms with van der Waals surface area (Å²) in [5, 5.41) is 10.7. The molecule has 1 aromatic carbocycles. The maximum absolute atomic E-state index is 5.24. The highest BCUT2D eigenvalue weighted by atomic mass is 16.5. The molecule has 1 fully saturated rings. The fraction of sp³-hybridized carbons (Fsp3) is 0.550. The Bertz CT molecular complexity index is 765. The molecule has 1 aromatic heterocycles. The number of benzene rings is 1. The lowest BCUT2D eigenvalue weighted by atomic mass is 10.2. The molecule has 3 rings (SSSR count). The molecular formula is C20H32N8O. The highest BCUT2D eigenvalue weighted by Crippen LogP contribution is 2.20. The summed E-state index contributed by atoms with van der Waals surface area (Å²) in [6, 6.07) is 8.33. The van der Waals surface area contributed by atoms with Gasteiger partial charge in [0, 0.05) is 52.5 Å². The SMILES string of the molecule is CN=C(NCCCN1CCN(c2ccc(OC)cc2)CC1)NCc1ncnn1C. The van der Waals surface area contributed by atoms with Crippen LogP contribution >= 0.6 is 0 Å². The molecule has 0 radical (unpaired) electrons. The van der Waals surface area contributed by atoms with Gasteiger partial charge in [-0.3, -0.25) is 14.6 Å². The summed E-state index contributed by atoms with van der Waals surface area (Å²) in [5.74, 6) is 2.57. The van der Waals surface area contributed by atoms with E-state index in [2.05, 4.69) is 47.6 Å². The fourth-order valence-electron chi connectivity index (χ4n) is 3.40. The van der Waals surface area contributed by atoms with Gasteiger partial charge in [-0.2, -0.15) is 5.10 Å². The first-order valence-electron chi connectivity index (χ1n) is 10.1. The third-order valence-corrected chi connectivity index (χ3v) is 5.20. The van der Waals surface area contributed by atoms with E-state index >= 15 is 0 Å². The van der Waals surface area contributed by atoms with Crippen LogP contribution in [0.4, 0.5) is 5.69 Å². The minimum Gasteiger partial charge on any atom is -0.497 e. The molecule has 2 N–H and O–H groups in total. The van der Waals surface area contributed by atoms with Crippen molar-refractivity contribution < 1.29 is 4.74 Å². The van der Waals surface area contributed by atoms with Gasteiger partial charge in [0.05, 0.1) is 13.7 Å². The van der Waals surface area contributed by atoms with Gasteiger partial charge in [0.15, 0.2) is 5.96 Å². The molecule has 2 heterocycles. The summed E-state index contributed by atoms with van der Waals surface area (Å²) in [4.78, 5) is 13.4. The molecule has 0 aliphatic carbocycles. The van der Waals surface area contributed by atoms with E-state index in [1.54, 1.807) is 25.2 Å². The molecule has 0 amide bonds. The van der Waals surface area contributed by atoms with Crippen LogP contribution in [0.25, 0.3) is 0 Å². The Hall–Kier alpha value is -2.81. The number of hydrogen-bond acceptors (Lipinski definition) is 6. The largest absolute Gasteiger partial charge is 0.497 e. The first kappa shape index (κ1) is 20.9. The number of rotatable bonds is 8. The van der Waals surface area contributed by atoms with Crippen LogP contribution < -0.4 is 20.3 Å². The van der Waals surface area contributed by atoms with E-state index in [0.717, 1.165) is 63.2 Å². The van der Waals surface area contributed by atoms with Gasteiger partial charge in [-0.15, -0.1) is 0 Å². The predicted molar refractivity (Wildman–Crippen MR) is 115 cm³/mol. The first-order valence-corrected chi connectivity index (χ1v) is 10.1. The van der Waals surface area contributed by atoms with Crippen LogP contribution in [-0.4, -0.2) is 79.0 Å². The molecule has 158 valence electrons. The molecule has 0 atom stereocenters. The molecule has 0 saturated carbocycles. The number of hydrogen-bond donors (Lipinski definition) is 2. The molecule has 29 heavy (non-hydrogen) atoms. The minimum atomic E-state index is 0.601. The minimum absolute atomic E-state index is 0.601. The van der Waals surface area contributed by atoms with Crippen molar-refractivity contribution >= 4 is 11.6 Å². The van der Waals surface area contributed by atoms with Crippen LogP contribution in [0.5, 0.6) is 5.75 Å². The lowest BCUT2D eigenvalue weighted by Crippen LogP contribution is -2.47. The van der Waals surface area contributed by atoms with Gasteiger partial charge in [-0.1, -0.05) is 0 Å². The number of ether oxygens (including phenoxy) is 1. The van der Waals surface area contributed by atoms with Crippen molar-refractivity contribution in [2.24, 2.45) is 12.0 Å². The Morgan fingerprint density at radius 1 is 1.14 bits per heavy atom. The van der Waals surface area contributed by atoms with Gasteiger partial charge in [-0.25, -0.2) is 4.98 Å². The van der Waals surface area contributed by atoms with Crippen molar-refractivity contribution in [3.63, 3.8) is 0 Å². The first-order chi connectivity index (χ1) is 14.2. The molecule has 2 aromatic rings. The fourth-order valence-corrected chi connectivity index (χ4v) is 3.40. The molecule has 9 heteroatoms. The Labute approximate surface area is 172 Å². The standard InChI is InChI=1S/C20H32N8O/c1-21-20(23-15-19-24-16-25-26(19)2)22-9-4-10-27-11-13-28(14-12-27)17-5-7-18(29-3)8-6-17/h5-8,16H,4,9-15H2,1-3H3,(H2,21,22,23). The zero-order chi connectivity index (χ0) is 20.5. The van der Waals surface area contributed by atoms with Gasteiger partial charge in [-0.05, 0) is 37.2 Å². The van der Waals surface area contributed by atoms with Gasteiger partial charge in [0.25, 0.3) is 0 Å². The van der Waals surface area contributed by atoms with E-state index in [9.17, 15) is 0 Å². The Balaban J connectivity index is 1.31. The quantitative estimate of drug-likeness (QED) is 0.383. The highest BCUT2D eigenvalue weighted by Gasteiger charge is 2.16. The smallest absolute Gasteiger partial charge is 0.191 e. The van der Waals surface area contributed by atoms with Crippen molar-refractivity contribution in [2.45, 2.75) is 13.0 Å². The van der Waals surface area contributed by atoms with Gasteiger partial charge < -0.3 is 20.3 Å². The molecule has 1 aliphatic rings. The zero-order valence-electron chi connectivity index (χ0n) is 17.6. The van der Waals surface area contributed by atoms with Crippen molar-refractivity contribution in [3.8, 4) is 5.75 Å². The van der Waals surface area contributed by atoms with Gasteiger partial charge >= 0.3 is 0 Å². The number of aliphatic imine (C=N–C) groups is 1. The van der Waals surface area contributed by atoms with Crippen LogP contribution in [0.2, 0.25) is 0 Å².